The molecule has 0 radical (unpaired) electrons. The number of hydrogen-bond acceptors (Lipinski definition) is 9. The number of carbonyl (C=O) groups excluding carboxylic acids is 1. The minimum atomic E-state index is -1.38. The zero-order chi connectivity index (χ0) is 26.0. The molecule has 1 fully saturated rings. The summed E-state index contributed by atoms with van der Waals surface area (Å²) in [5.41, 5.74) is -0.268. The number of rotatable bonds is 6. The van der Waals surface area contributed by atoms with Crippen molar-refractivity contribution >= 4 is 22.7 Å². The summed E-state index contributed by atoms with van der Waals surface area (Å²) in [6.45, 7) is 5.17. The smallest absolute Gasteiger partial charge is 0.412 e. The second kappa shape index (κ2) is 10.3. The number of hydrogen-bond donors (Lipinski definition) is 3. The number of ether oxygens (including phenoxy) is 4. The van der Waals surface area contributed by atoms with E-state index in [9.17, 15) is 19.8 Å². The van der Waals surface area contributed by atoms with Crippen molar-refractivity contribution in [3.8, 4) is 5.75 Å². The summed E-state index contributed by atoms with van der Waals surface area (Å²) in [7, 11) is 1.43. The maximum absolute atomic E-state index is 12.6. The van der Waals surface area contributed by atoms with Crippen molar-refractivity contribution in [2.75, 3.05) is 12.4 Å². The molecule has 1 aliphatic heterocycles. The Hall–Kier alpha value is -3.44. The fourth-order valence-corrected chi connectivity index (χ4v) is 4.22. The van der Waals surface area contributed by atoms with Crippen LogP contribution < -0.4 is 15.7 Å². The Balaban J connectivity index is 1.51. The van der Waals surface area contributed by atoms with E-state index in [2.05, 4.69) is 5.32 Å². The molecule has 0 unspecified atom stereocenters. The molecule has 2 aromatic carbocycles. The summed E-state index contributed by atoms with van der Waals surface area (Å²) in [6.07, 6.45) is -5.35. The number of carbonyl (C=O) groups is 1. The van der Waals surface area contributed by atoms with Gasteiger partial charge in [-0.25, -0.2) is 9.59 Å². The molecule has 10 nitrogen and oxygen atoms in total. The van der Waals surface area contributed by atoms with Gasteiger partial charge in [-0.15, -0.1) is 0 Å². The van der Waals surface area contributed by atoms with Crippen LogP contribution in [0.25, 0.3) is 11.0 Å². The quantitative estimate of drug-likeness (QED) is 0.437. The molecule has 0 saturated carbocycles. The van der Waals surface area contributed by atoms with Gasteiger partial charge < -0.3 is 33.6 Å². The van der Waals surface area contributed by atoms with E-state index in [0.29, 0.717) is 10.9 Å². The minimum absolute atomic E-state index is 0.0527. The third-order valence-electron chi connectivity index (χ3n) is 6.09. The Morgan fingerprint density at radius 3 is 2.53 bits per heavy atom. The van der Waals surface area contributed by atoms with Crippen molar-refractivity contribution in [2.24, 2.45) is 0 Å². The summed E-state index contributed by atoms with van der Waals surface area (Å²) in [4.78, 5) is 24.7. The van der Waals surface area contributed by atoms with Gasteiger partial charge in [0.05, 0.1) is 5.60 Å². The van der Waals surface area contributed by atoms with Crippen molar-refractivity contribution < 1.29 is 38.4 Å². The Labute approximate surface area is 207 Å². The Kier molecular flexibility index (Phi) is 7.32. The maximum atomic E-state index is 12.6. The van der Waals surface area contributed by atoms with Gasteiger partial charge in [-0.3, -0.25) is 5.32 Å². The van der Waals surface area contributed by atoms with Crippen LogP contribution in [0.15, 0.2) is 57.7 Å². The zero-order valence-corrected chi connectivity index (χ0v) is 20.4. The molecule has 0 bridgehead atoms. The highest BCUT2D eigenvalue weighted by Gasteiger charge is 2.50. The zero-order valence-electron chi connectivity index (χ0n) is 20.4. The van der Waals surface area contributed by atoms with Gasteiger partial charge in [-0.1, -0.05) is 30.3 Å². The lowest BCUT2D eigenvalue weighted by Gasteiger charge is -2.46. The van der Waals surface area contributed by atoms with Crippen LogP contribution in [-0.4, -0.2) is 53.6 Å². The molecule has 1 saturated heterocycles. The molecule has 192 valence electrons. The Morgan fingerprint density at radius 2 is 1.83 bits per heavy atom. The molecule has 1 aromatic heterocycles. The van der Waals surface area contributed by atoms with Gasteiger partial charge in [0.15, 0.2) is 0 Å². The molecular weight excluding hydrogens is 470 g/mol. The molecule has 3 aromatic rings. The molecule has 0 aliphatic carbocycles. The van der Waals surface area contributed by atoms with E-state index in [1.807, 2.05) is 30.3 Å². The highest BCUT2D eigenvalue weighted by molar-refractivity contribution is 5.89. The van der Waals surface area contributed by atoms with E-state index in [-0.39, 0.29) is 23.6 Å². The van der Waals surface area contributed by atoms with E-state index in [0.717, 1.165) is 5.56 Å². The first kappa shape index (κ1) is 25.6. The largest absolute Gasteiger partial charge is 0.462 e. The third-order valence-corrected chi connectivity index (χ3v) is 6.09. The predicted octanol–water partition coefficient (Wildman–Crippen LogP) is 3.10. The minimum Gasteiger partial charge on any atom is -0.462 e. The van der Waals surface area contributed by atoms with Gasteiger partial charge in [-0.2, -0.15) is 0 Å². The molecule has 10 heteroatoms. The number of aliphatic hydroxyl groups excluding tert-OH is 2. The number of fused-ring (bicyclic) bond motifs is 1. The number of amides is 1. The van der Waals surface area contributed by atoms with E-state index < -0.39 is 41.9 Å². The van der Waals surface area contributed by atoms with Crippen LogP contribution in [0.5, 0.6) is 5.75 Å². The van der Waals surface area contributed by atoms with Crippen molar-refractivity contribution in [3.05, 3.63) is 70.1 Å². The van der Waals surface area contributed by atoms with Gasteiger partial charge in [0.1, 0.15) is 41.9 Å². The third kappa shape index (κ3) is 5.21. The first-order valence-electron chi connectivity index (χ1n) is 11.4. The SMILES string of the molecule is CO[C@@H]1[C@@H](O)[C@@H](O)[C@H](Oc2ccc3cc(NC(=O)OCc4ccccc4)c(=O)oc3c2C)OC1(C)C. The Morgan fingerprint density at radius 1 is 1.11 bits per heavy atom. The topological polar surface area (TPSA) is 137 Å². The average Bonchev–Trinajstić information content (AvgIpc) is 2.84. The van der Waals surface area contributed by atoms with Crippen LogP contribution in [0.2, 0.25) is 0 Å². The first-order valence-corrected chi connectivity index (χ1v) is 11.4. The lowest BCUT2D eigenvalue weighted by Crippen LogP contribution is -2.63. The normalized spacial score (nSPS) is 23.3. The molecule has 4 atom stereocenters. The highest BCUT2D eigenvalue weighted by Crippen LogP contribution is 2.35. The van der Waals surface area contributed by atoms with Gasteiger partial charge in [0.25, 0.3) is 0 Å². The number of methoxy groups -OCH3 is 1. The van der Waals surface area contributed by atoms with Crippen LogP contribution >= 0.6 is 0 Å². The highest BCUT2D eigenvalue weighted by atomic mass is 16.7. The monoisotopic (exact) mass is 499 g/mol. The molecule has 1 aliphatic rings. The standard InChI is InChI=1S/C26H29NO9/c1-14-18(34-24-20(29)19(28)22(32-4)26(2,3)36-24)11-10-16-12-17(23(30)35-21(14)16)27-25(31)33-13-15-8-6-5-7-9-15/h5-12,19-20,22,24,28-29H,13H2,1-4H3,(H,27,31)/t19-,20+,22+,24+/m0/s1. The van der Waals surface area contributed by atoms with E-state index in [1.54, 1.807) is 32.9 Å². The van der Waals surface area contributed by atoms with Crippen LogP contribution in [0, 0.1) is 6.92 Å². The summed E-state index contributed by atoms with van der Waals surface area (Å²) >= 11 is 0. The van der Waals surface area contributed by atoms with E-state index >= 15 is 0 Å². The van der Waals surface area contributed by atoms with E-state index in [1.165, 1.54) is 13.2 Å². The molecular formula is C26H29NO9. The number of aliphatic hydroxyl groups is 2. The summed E-state index contributed by atoms with van der Waals surface area (Å²) in [5, 5.41) is 23.9. The first-order chi connectivity index (χ1) is 17.1. The van der Waals surface area contributed by atoms with Gasteiger partial charge >= 0.3 is 11.7 Å². The van der Waals surface area contributed by atoms with Crippen molar-refractivity contribution in [1.82, 2.24) is 0 Å². The summed E-state index contributed by atoms with van der Waals surface area (Å²) < 4.78 is 27.6. The Bertz CT molecular complexity index is 1290. The molecule has 3 N–H and O–H groups in total. The lowest BCUT2D eigenvalue weighted by molar-refractivity contribution is -0.306. The summed E-state index contributed by atoms with van der Waals surface area (Å²) in [5.74, 6) is 0.288. The maximum Gasteiger partial charge on any atom is 0.412 e. The summed E-state index contributed by atoms with van der Waals surface area (Å²) in [6, 6.07) is 13.9. The van der Waals surface area contributed by atoms with Crippen molar-refractivity contribution in [3.63, 3.8) is 0 Å². The van der Waals surface area contributed by atoms with Gasteiger partial charge in [-0.05, 0) is 44.5 Å². The second-order valence-electron chi connectivity index (χ2n) is 9.09. The van der Waals surface area contributed by atoms with Crippen molar-refractivity contribution in [2.45, 2.75) is 57.6 Å². The lowest BCUT2D eigenvalue weighted by atomic mass is 9.89. The van der Waals surface area contributed by atoms with E-state index in [4.69, 9.17) is 23.4 Å². The average molecular weight is 500 g/mol. The number of anilines is 1. The van der Waals surface area contributed by atoms with Gasteiger partial charge in [0.2, 0.25) is 6.29 Å². The number of benzene rings is 2. The molecule has 36 heavy (non-hydrogen) atoms. The molecule has 1 amide bonds. The van der Waals surface area contributed by atoms with Crippen molar-refractivity contribution in [1.29, 1.82) is 0 Å². The van der Waals surface area contributed by atoms with Crippen LogP contribution in [0.3, 0.4) is 0 Å². The van der Waals surface area contributed by atoms with Crippen LogP contribution in [0.4, 0.5) is 10.5 Å². The van der Waals surface area contributed by atoms with Crippen LogP contribution in [0.1, 0.15) is 25.0 Å². The fourth-order valence-electron chi connectivity index (χ4n) is 4.22. The number of nitrogens with one attached hydrogen (secondary N) is 1. The molecule has 0 spiro atoms. The van der Waals surface area contributed by atoms with Crippen LogP contribution in [-0.2, 0) is 20.8 Å². The predicted molar refractivity (Wildman–Crippen MR) is 130 cm³/mol. The molecule has 2 heterocycles. The fraction of sp³-hybridized carbons (Fsp3) is 0.385. The van der Waals surface area contributed by atoms with Gasteiger partial charge in [0, 0.05) is 18.1 Å². The number of aryl methyl sites for hydroxylation is 1. The second-order valence-corrected chi connectivity index (χ2v) is 9.09. The molecule has 4 rings (SSSR count).